The topological polar surface area (TPSA) is 86.8 Å². The number of carbonyl (C=O) groups is 2. The van der Waals surface area contributed by atoms with E-state index in [-0.39, 0.29) is 29.7 Å². The molecule has 0 radical (unpaired) electrons. The molecule has 1 N–H and O–H groups in total. The van der Waals surface area contributed by atoms with Gasteiger partial charge in [0.15, 0.2) is 0 Å². The van der Waals surface area contributed by atoms with Gasteiger partial charge in [-0.2, -0.15) is 0 Å². The normalized spacial score (nSPS) is 15.3. The minimum atomic E-state index is -3.86. The summed E-state index contributed by atoms with van der Waals surface area (Å²) in [7, 11) is -3.86. The van der Waals surface area contributed by atoms with Crippen molar-refractivity contribution in [1.29, 1.82) is 0 Å². The maximum Gasteiger partial charge on any atom is 0.244 e. The third kappa shape index (κ3) is 7.41. The smallest absolute Gasteiger partial charge is 0.244 e. The van der Waals surface area contributed by atoms with Gasteiger partial charge in [0.05, 0.1) is 11.9 Å². The average molecular weight is 524 g/mol. The molecule has 190 valence electrons. The van der Waals surface area contributed by atoms with Crippen LogP contribution in [0.4, 0.5) is 10.1 Å². The number of benzene rings is 2. The summed E-state index contributed by atoms with van der Waals surface area (Å²) in [6.45, 7) is 0.827. The van der Waals surface area contributed by atoms with E-state index >= 15 is 0 Å². The lowest BCUT2D eigenvalue weighted by atomic mass is 9.95. The number of sulfonamides is 1. The highest BCUT2D eigenvalue weighted by atomic mass is 35.5. The summed E-state index contributed by atoms with van der Waals surface area (Å²) < 4.78 is 40.5. The number of hydrogen-bond donors (Lipinski definition) is 1. The highest BCUT2D eigenvalue weighted by Crippen LogP contribution is 2.23. The Morgan fingerprint density at radius 2 is 1.80 bits per heavy atom. The number of rotatable bonds is 9. The lowest BCUT2D eigenvalue weighted by Gasteiger charge is -2.33. The van der Waals surface area contributed by atoms with E-state index < -0.39 is 34.3 Å². The second-order valence-electron chi connectivity index (χ2n) is 8.88. The number of halogens is 2. The van der Waals surface area contributed by atoms with Crippen LogP contribution in [0.1, 0.15) is 44.6 Å². The van der Waals surface area contributed by atoms with E-state index in [1.54, 1.807) is 25.1 Å². The Morgan fingerprint density at radius 1 is 1.11 bits per heavy atom. The van der Waals surface area contributed by atoms with Crippen LogP contribution < -0.4 is 9.62 Å². The summed E-state index contributed by atoms with van der Waals surface area (Å²) in [5.41, 5.74) is 0.449. The van der Waals surface area contributed by atoms with Gasteiger partial charge in [-0.25, -0.2) is 12.8 Å². The molecule has 0 aromatic heterocycles. The van der Waals surface area contributed by atoms with Gasteiger partial charge in [-0.1, -0.05) is 55.1 Å². The summed E-state index contributed by atoms with van der Waals surface area (Å²) in [6, 6.07) is 11.2. The van der Waals surface area contributed by atoms with E-state index in [9.17, 15) is 22.4 Å². The van der Waals surface area contributed by atoms with Crippen molar-refractivity contribution in [3.8, 4) is 0 Å². The quantitative estimate of drug-likeness (QED) is 0.536. The Bertz CT molecular complexity index is 1150. The molecule has 7 nitrogen and oxygen atoms in total. The molecule has 0 aliphatic heterocycles. The molecule has 0 bridgehead atoms. The van der Waals surface area contributed by atoms with E-state index in [0.29, 0.717) is 5.02 Å². The van der Waals surface area contributed by atoms with Crippen LogP contribution in [-0.2, 0) is 26.2 Å². The summed E-state index contributed by atoms with van der Waals surface area (Å²) >= 11 is 6.04. The molecule has 0 unspecified atom stereocenters. The molecule has 2 aromatic rings. The molecule has 0 heterocycles. The zero-order valence-electron chi connectivity index (χ0n) is 19.9. The monoisotopic (exact) mass is 523 g/mol. The predicted octanol–water partition coefficient (Wildman–Crippen LogP) is 4.11. The van der Waals surface area contributed by atoms with Crippen molar-refractivity contribution >= 4 is 39.1 Å². The Kier molecular flexibility index (Phi) is 9.13. The van der Waals surface area contributed by atoms with Crippen molar-refractivity contribution in [2.24, 2.45) is 0 Å². The maximum absolute atomic E-state index is 14.5. The molecule has 0 saturated heterocycles. The first-order chi connectivity index (χ1) is 16.6. The summed E-state index contributed by atoms with van der Waals surface area (Å²) in [4.78, 5) is 27.8. The van der Waals surface area contributed by atoms with Crippen LogP contribution in [0.15, 0.2) is 48.5 Å². The van der Waals surface area contributed by atoms with E-state index in [0.717, 1.165) is 42.7 Å². The molecular formula is C25H31ClFN3O4S. The second kappa shape index (κ2) is 11.9. The fraction of sp³-hybridized carbons (Fsp3) is 0.440. The first-order valence-corrected chi connectivity index (χ1v) is 13.9. The van der Waals surface area contributed by atoms with Gasteiger partial charge >= 0.3 is 0 Å². The van der Waals surface area contributed by atoms with Crippen LogP contribution >= 0.6 is 11.6 Å². The van der Waals surface area contributed by atoms with Crippen LogP contribution in [0.25, 0.3) is 0 Å². The molecule has 1 saturated carbocycles. The summed E-state index contributed by atoms with van der Waals surface area (Å²) in [6.07, 6.45) is 5.92. The first kappa shape index (κ1) is 26.9. The Hall–Kier alpha value is -2.65. The van der Waals surface area contributed by atoms with Gasteiger partial charge in [-0.05, 0) is 44.0 Å². The fourth-order valence-electron chi connectivity index (χ4n) is 4.21. The molecule has 1 fully saturated rings. The maximum atomic E-state index is 14.5. The third-order valence-electron chi connectivity index (χ3n) is 6.19. The molecule has 1 aliphatic carbocycles. The molecular weight excluding hydrogens is 493 g/mol. The SMILES string of the molecule is C[C@H](C(=O)NC1CCCCC1)N(Cc1ccccc1F)C(=O)CN(c1cccc(Cl)c1)S(C)(=O)=O. The number of amides is 2. The van der Waals surface area contributed by atoms with Gasteiger partial charge in [-0.3, -0.25) is 13.9 Å². The highest BCUT2D eigenvalue weighted by Gasteiger charge is 2.31. The van der Waals surface area contributed by atoms with Crippen molar-refractivity contribution < 1.29 is 22.4 Å². The molecule has 2 amide bonds. The Balaban J connectivity index is 1.88. The summed E-state index contributed by atoms with van der Waals surface area (Å²) in [5.74, 6) is -1.50. The number of carbonyl (C=O) groups excluding carboxylic acids is 2. The lowest BCUT2D eigenvalue weighted by molar-refractivity contribution is -0.139. The number of hydrogen-bond acceptors (Lipinski definition) is 4. The molecule has 2 aromatic carbocycles. The Morgan fingerprint density at radius 3 is 2.43 bits per heavy atom. The first-order valence-electron chi connectivity index (χ1n) is 11.6. The van der Waals surface area contributed by atoms with Crippen molar-refractivity contribution in [3.05, 3.63) is 64.9 Å². The number of nitrogens with zero attached hydrogens (tertiary/aromatic N) is 2. The van der Waals surface area contributed by atoms with Crippen molar-refractivity contribution in [2.45, 2.75) is 57.7 Å². The zero-order valence-corrected chi connectivity index (χ0v) is 21.5. The van der Waals surface area contributed by atoms with Gasteiger partial charge in [0.2, 0.25) is 21.8 Å². The minimum absolute atomic E-state index is 0.0306. The fourth-order valence-corrected chi connectivity index (χ4v) is 5.23. The van der Waals surface area contributed by atoms with E-state index in [4.69, 9.17) is 11.6 Å². The summed E-state index contributed by atoms with van der Waals surface area (Å²) in [5, 5.41) is 3.31. The van der Waals surface area contributed by atoms with Crippen LogP contribution in [0.5, 0.6) is 0 Å². The largest absolute Gasteiger partial charge is 0.352 e. The lowest BCUT2D eigenvalue weighted by Crippen LogP contribution is -2.53. The molecule has 3 rings (SSSR count). The van der Waals surface area contributed by atoms with Crippen molar-refractivity contribution in [2.75, 3.05) is 17.1 Å². The van der Waals surface area contributed by atoms with Crippen LogP contribution in [0.2, 0.25) is 5.02 Å². The Labute approximate surface area is 211 Å². The van der Waals surface area contributed by atoms with Gasteiger partial charge in [0.25, 0.3) is 0 Å². The molecule has 1 aliphatic rings. The van der Waals surface area contributed by atoms with Crippen molar-refractivity contribution in [1.82, 2.24) is 10.2 Å². The van der Waals surface area contributed by atoms with Crippen molar-refractivity contribution in [3.63, 3.8) is 0 Å². The zero-order chi connectivity index (χ0) is 25.6. The predicted molar refractivity (Wildman–Crippen MR) is 135 cm³/mol. The van der Waals surface area contributed by atoms with Crippen LogP contribution in [0.3, 0.4) is 0 Å². The van der Waals surface area contributed by atoms with Gasteiger partial charge in [0, 0.05) is 23.2 Å². The number of anilines is 1. The standard InChI is InChI=1S/C25H31ClFN3O4S/c1-18(25(32)28-21-11-4-3-5-12-21)29(16-19-9-6-7-14-23(19)27)24(31)17-30(35(2,33)34)22-13-8-10-20(26)15-22/h6-10,13-15,18,21H,3-5,11-12,16-17H2,1-2H3,(H,28,32)/t18-/m1/s1. The van der Waals surface area contributed by atoms with E-state index in [2.05, 4.69) is 5.32 Å². The van der Waals surface area contributed by atoms with E-state index in [1.165, 1.54) is 35.2 Å². The van der Waals surface area contributed by atoms with Crippen LogP contribution in [-0.4, -0.2) is 50.0 Å². The molecule has 0 spiro atoms. The third-order valence-corrected chi connectivity index (χ3v) is 7.57. The molecule has 1 atom stereocenters. The molecule has 35 heavy (non-hydrogen) atoms. The van der Waals surface area contributed by atoms with E-state index in [1.807, 2.05) is 0 Å². The average Bonchev–Trinajstić information content (AvgIpc) is 2.81. The van der Waals surface area contributed by atoms with Crippen LogP contribution in [0, 0.1) is 5.82 Å². The van der Waals surface area contributed by atoms with Gasteiger partial charge in [0.1, 0.15) is 18.4 Å². The minimum Gasteiger partial charge on any atom is -0.352 e. The number of nitrogens with one attached hydrogen (secondary N) is 1. The van der Waals surface area contributed by atoms with Gasteiger partial charge in [-0.15, -0.1) is 0 Å². The second-order valence-corrected chi connectivity index (χ2v) is 11.2. The molecule has 10 heteroatoms. The van der Waals surface area contributed by atoms with Gasteiger partial charge < -0.3 is 10.2 Å². The highest BCUT2D eigenvalue weighted by molar-refractivity contribution is 7.92.